The summed E-state index contributed by atoms with van der Waals surface area (Å²) in [6.07, 6.45) is 9.16. The van der Waals surface area contributed by atoms with Crippen molar-refractivity contribution in [3.63, 3.8) is 0 Å². The summed E-state index contributed by atoms with van der Waals surface area (Å²) in [4.78, 5) is 0. The van der Waals surface area contributed by atoms with Gasteiger partial charge in [0, 0.05) is 32.3 Å². The first-order valence-corrected chi connectivity index (χ1v) is 23.1. The Kier molecular flexibility index (Phi) is 11.3. The van der Waals surface area contributed by atoms with Crippen LogP contribution >= 0.6 is 16.3 Å². The van der Waals surface area contributed by atoms with Gasteiger partial charge in [0.1, 0.15) is 11.5 Å². The van der Waals surface area contributed by atoms with Gasteiger partial charge in [0.15, 0.2) is 16.3 Å². The molecule has 0 aliphatic heterocycles. The topological polar surface area (TPSA) is 18.5 Å². The zero-order valence-corrected chi connectivity index (χ0v) is 36.4. The summed E-state index contributed by atoms with van der Waals surface area (Å²) in [5.74, 6) is 1.97. The lowest BCUT2D eigenvalue weighted by molar-refractivity contribution is 0.610. The Morgan fingerprint density at radius 3 is 0.893 bits per heavy atom. The van der Waals surface area contributed by atoms with Crippen LogP contribution < -0.4 is 30.3 Å². The minimum atomic E-state index is -1.17. The molecule has 56 heavy (non-hydrogen) atoms. The molecule has 0 saturated carbocycles. The van der Waals surface area contributed by atoms with Crippen LogP contribution in [0.4, 0.5) is 0 Å². The standard InChI is InChI=1S/C52H56O2P2/c1-33-21-34(2)26-43(25-33)55(44-27-35(3)22-36(4)28-44)53-49-19-17-41-13-9-11-15-47(41)51(49)52-48-16-12-10-14-42(48)18-20-50(52)54-56(45-29-37(5)23-38(6)30-45)46-31-39(7)24-40(8)32-46/h17-32H,9-16H2,1-8H3. The maximum Gasteiger partial charge on any atom is 0.150 e. The summed E-state index contributed by atoms with van der Waals surface area (Å²) < 4.78 is 15.3. The molecule has 0 fully saturated rings. The largest absolute Gasteiger partial charge is 0.464 e. The molecule has 8 rings (SSSR count). The molecule has 0 saturated heterocycles. The molecule has 286 valence electrons. The van der Waals surface area contributed by atoms with Crippen LogP contribution in [0.15, 0.2) is 97.1 Å². The average Bonchev–Trinajstić information content (AvgIpc) is 3.14. The molecule has 2 aliphatic carbocycles. The van der Waals surface area contributed by atoms with Gasteiger partial charge in [-0.15, -0.1) is 0 Å². The van der Waals surface area contributed by atoms with E-state index in [-0.39, 0.29) is 0 Å². The van der Waals surface area contributed by atoms with Gasteiger partial charge < -0.3 is 9.05 Å². The Morgan fingerprint density at radius 2 is 0.607 bits per heavy atom. The van der Waals surface area contributed by atoms with E-state index in [1.54, 1.807) is 0 Å². The molecule has 0 unspecified atom stereocenters. The number of benzene rings is 6. The molecule has 6 aromatic rings. The molecule has 4 heteroatoms. The number of aryl methyl sites for hydroxylation is 10. The van der Waals surface area contributed by atoms with Crippen molar-refractivity contribution in [2.75, 3.05) is 0 Å². The lowest BCUT2D eigenvalue weighted by atomic mass is 9.80. The molecule has 0 radical (unpaired) electrons. The van der Waals surface area contributed by atoms with Crippen LogP contribution in [-0.2, 0) is 25.7 Å². The normalized spacial score (nSPS) is 13.8. The number of hydrogen-bond acceptors (Lipinski definition) is 2. The van der Waals surface area contributed by atoms with E-state index >= 15 is 0 Å². The Bertz CT molecular complexity index is 2090. The molecule has 0 N–H and O–H groups in total. The van der Waals surface area contributed by atoms with Crippen molar-refractivity contribution in [1.82, 2.24) is 0 Å². The van der Waals surface area contributed by atoms with Crippen LogP contribution in [0.2, 0.25) is 0 Å². The lowest BCUT2D eigenvalue weighted by Gasteiger charge is -2.31. The van der Waals surface area contributed by atoms with Crippen molar-refractivity contribution < 1.29 is 9.05 Å². The summed E-state index contributed by atoms with van der Waals surface area (Å²) in [7, 11) is -2.35. The zero-order valence-electron chi connectivity index (χ0n) is 34.6. The molecular formula is C52H56O2P2. The summed E-state index contributed by atoms with van der Waals surface area (Å²) in [5, 5.41) is 5.02. The van der Waals surface area contributed by atoms with Crippen molar-refractivity contribution in [3.05, 3.63) is 164 Å². The molecule has 0 atom stereocenters. The van der Waals surface area contributed by atoms with Gasteiger partial charge >= 0.3 is 0 Å². The second-order valence-electron chi connectivity index (χ2n) is 16.7. The molecule has 0 bridgehead atoms. The molecule has 2 nitrogen and oxygen atoms in total. The number of rotatable bonds is 9. The fourth-order valence-electron chi connectivity index (χ4n) is 9.29. The van der Waals surface area contributed by atoms with Crippen LogP contribution in [-0.4, -0.2) is 0 Å². The fraction of sp³-hybridized carbons (Fsp3) is 0.308. The van der Waals surface area contributed by atoms with Gasteiger partial charge in [-0.2, -0.15) is 0 Å². The second-order valence-corrected chi connectivity index (χ2v) is 20.3. The first-order chi connectivity index (χ1) is 27.0. The molecule has 0 spiro atoms. The zero-order chi connectivity index (χ0) is 39.1. The van der Waals surface area contributed by atoms with Crippen LogP contribution in [0.25, 0.3) is 11.1 Å². The molecule has 0 heterocycles. The van der Waals surface area contributed by atoms with Crippen molar-refractivity contribution in [1.29, 1.82) is 0 Å². The van der Waals surface area contributed by atoms with Crippen LogP contribution in [0.1, 0.15) is 92.4 Å². The average molecular weight is 775 g/mol. The maximum absolute atomic E-state index is 7.66. The van der Waals surface area contributed by atoms with E-state index in [2.05, 4.69) is 152 Å². The predicted octanol–water partition coefficient (Wildman–Crippen LogP) is 12.4. The van der Waals surface area contributed by atoms with Crippen molar-refractivity contribution >= 4 is 37.5 Å². The van der Waals surface area contributed by atoms with E-state index in [1.807, 2.05) is 0 Å². The highest BCUT2D eigenvalue weighted by atomic mass is 31.1. The third-order valence-electron chi connectivity index (χ3n) is 11.4. The highest BCUT2D eigenvalue weighted by molar-refractivity contribution is 7.69. The van der Waals surface area contributed by atoms with Gasteiger partial charge in [0.25, 0.3) is 0 Å². The third-order valence-corrected chi connectivity index (χ3v) is 15.0. The Labute approximate surface area is 338 Å². The van der Waals surface area contributed by atoms with Gasteiger partial charge in [-0.25, -0.2) is 0 Å². The van der Waals surface area contributed by atoms with E-state index in [0.717, 1.165) is 37.2 Å². The van der Waals surface area contributed by atoms with E-state index in [0.29, 0.717) is 0 Å². The van der Waals surface area contributed by atoms with Crippen molar-refractivity contribution in [2.24, 2.45) is 0 Å². The minimum Gasteiger partial charge on any atom is -0.464 e. The number of fused-ring (bicyclic) bond motifs is 2. The summed E-state index contributed by atoms with van der Waals surface area (Å²) in [5.41, 5.74) is 18.5. The summed E-state index contributed by atoms with van der Waals surface area (Å²) >= 11 is 0. The SMILES string of the molecule is Cc1cc(C)cc(P(Oc2ccc3c(c2-c2c(OP(c4cc(C)cc(C)c4)c4cc(C)cc(C)c4)ccc4c2CCCC4)CCCC3)c2cc(C)cc(C)c2)c1. The predicted molar refractivity (Wildman–Crippen MR) is 242 cm³/mol. The molecular weight excluding hydrogens is 719 g/mol. The summed E-state index contributed by atoms with van der Waals surface area (Å²) in [6.45, 7) is 17.7. The minimum absolute atomic E-state index is 0.987. The smallest absolute Gasteiger partial charge is 0.150 e. The van der Waals surface area contributed by atoms with Crippen LogP contribution in [0, 0.1) is 55.4 Å². The number of hydrogen-bond donors (Lipinski definition) is 0. The molecule has 0 aromatic heterocycles. The monoisotopic (exact) mass is 774 g/mol. The van der Waals surface area contributed by atoms with Crippen LogP contribution in [0.5, 0.6) is 11.5 Å². The Morgan fingerprint density at radius 1 is 0.339 bits per heavy atom. The first kappa shape index (κ1) is 38.6. The van der Waals surface area contributed by atoms with E-state index in [4.69, 9.17) is 9.05 Å². The van der Waals surface area contributed by atoms with Gasteiger partial charge in [-0.1, -0.05) is 80.9 Å². The first-order valence-electron chi connectivity index (χ1n) is 20.6. The Balaban J connectivity index is 1.37. The van der Waals surface area contributed by atoms with E-state index in [1.165, 1.54) is 125 Å². The Hall–Kier alpha value is -4.22. The maximum atomic E-state index is 7.66. The quantitative estimate of drug-likeness (QED) is 0.136. The summed E-state index contributed by atoms with van der Waals surface area (Å²) in [6, 6.07) is 37.2. The highest BCUT2D eigenvalue weighted by Crippen LogP contribution is 2.52. The van der Waals surface area contributed by atoms with E-state index in [9.17, 15) is 0 Å². The van der Waals surface area contributed by atoms with E-state index < -0.39 is 16.3 Å². The fourth-order valence-corrected chi connectivity index (χ4v) is 13.6. The van der Waals surface area contributed by atoms with Crippen molar-refractivity contribution in [3.8, 4) is 22.6 Å². The van der Waals surface area contributed by atoms with Gasteiger partial charge in [-0.05, 0) is 190 Å². The third kappa shape index (κ3) is 8.26. The van der Waals surface area contributed by atoms with Crippen LogP contribution in [0.3, 0.4) is 0 Å². The molecule has 2 aliphatic rings. The molecule has 0 amide bonds. The lowest BCUT2D eigenvalue weighted by Crippen LogP contribution is -2.19. The molecule has 6 aromatic carbocycles. The van der Waals surface area contributed by atoms with Gasteiger partial charge in [0.2, 0.25) is 0 Å². The second kappa shape index (κ2) is 16.3. The van der Waals surface area contributed by atoms with Gasteiger partial charge in [-0.3, -0.25) is 0 Å². The van der Waals surface area contributed by atoms with Gasteiger partial charge in [0.05, 0.1) is 0 Å². The highest BCUT2D eigenvalue weighted by Gasteiger charge is 2.30. The van der Waals surface area contributed by atoms with Crippen molar-refractivity contribution in [2.45, 2.75) is 107 Å².